The van der Waals surface area contributed by atoms with Gasteiger partial charge in [-0.25, -0.2) is 8.78 Å². The highest BCUT2D eigenvalue weighted by atomic mass is 19.1. The lowest BCUT2D eigenvalue weighted by molar-refractivity contribution is -0.120. The summed E-state index contributed by atoms with van der Waals surface area (Å²) in [4.78, 5) is 11.2. The van der Waals surface area contributed by atoms with Gasteiger partial charge in [-0.2, -0.15) is 0 Å². The lowest BCUT2D eigenvalue weighted by atomic mass is 9.95. The molecule has 5 heteroatoms. The Hall–Kier alpha value is -1.49. The summed E-state index contributed by atoms with van der Waals surface area (Å²) >= 11 is 0. The van der Waals surface area contributed by atoms with E-state index in [4.69, 9.17) is 5.73 Å². The molecule has 1 aromatic carbocycles. The van der Waals surface area contributed by atoms with E-state index in [2.05, 4.69) is 5.32 Å². The van der Waals surface area contributed by atoms with Crippen molar-refractivity contribution in [2.75, 3.05) is 6.54 Å². The molecule has 1 unspecified atom stereocenters. The van der Waals surface area contributed by atoms with E-state index in [9.17, 15) is 13.6 Å². The summed E-state index contributed by atoms with van der Waals surface area (Å²) in [6.45, 7) is 3.51. The van der Waals surface area contributed by atoms with E-state index in [-0.39, 0.29) is 23.9 Å². The fourth-order valence-electron chi connectivity index (χ4n) is 1.59. The highest BCUT2D eigenvalue weighted by Crippen LogP contribution is 2.24. The molecule has 1 rings (SSSR count). The molecule has 0 saturated carbocycles. The summed E-state index contributed by atoms with van der Waals surface area (Å²) in [6, 6.07) is 2.81. The minimum absolute atomic E-state index is 0.0227. The van der Waals surface area contributed by atoms with Gasteiger partial charge in [-0.3, -0.25) is 4.79 Å². The third-order valence-electron chi connectivity index (χ3n) is 2.47. The number of nitrogens with one attached hydrogen (secondary N) is 1. The van der Waals surface area contributed by atoms with E-state index < -0.39 is 17.7 Å². The van der Waals surface area contributed by atoms with Crippen molar-refractivity contribution in [3.05, 3.63) is 35.4 Å². The molecule has 0 bridgehead atoms. The van der Waals surface area contributed by atoms with Gasteiger partial charge < -0.3 is 11.1 Å². The van der Waals surface area contributed by atoms with Crippen molar-refractivity contribution >= 4 is 5.91 Å². The van der Waals surface area contributed by atoms with Gasteiger partial charge in [-0.05, 0) is 12.0 Å². The standard InChI is InChI=1S/C12H16F2N2O/c1-7(2)12(16-11(17)6-15)9-4-3-8(13)5-10(9)14/h3-5,7,12H,6,15H2,1-2H3,(H,16,17). The number of hydrogen-bond acceptors (Lipinski definition) is 2. The van der Waals surface area contributed by atoms with Crippen molar-refractivity contribution in [3.8, 4) is 0 Å². The van der Waals surface area contributed by atoms with Crippen LogP contribution in [0.3, 0.4) is 0 Å². The summed E-state index contributed by atoms with van der Waals surface area (Å²) < 4.78 is 26.4. The van der Waals surface area contributed by atoms with Crippen molar-refractivity contribution in [1.82, 2.24) is 5.32 Å². The first-order valence-electron chi connectivity index (χ1n) is 5.40. The Labute approximate surface area is 99.0 Å². The zero-order valence-corrected chi connectivity index (χ0v) is 9.84. The second-order valence-electron chi connectivity index (χ2n) is 4.16. The Bertz CT molecular complexity index is 407. The van der Waals surface area contributed by atoms with Gasteiger partial charge >= 0.3 is 0 Å². The smallest absolute Gasteiger partial charge is 0.234 e. The van der Waals surface area contributed by atoms with Gasteiger partial charge in [-0.15, -0.1) is 0 Å². The third kappa shape index (κ3) is 3.49. The van der Waals surface area contributed by atoms with E-state index in [1.165, 1.54) is 12.1 Å². The first kappa shape index (κ1) is 13.6. The van der Waals surface area contributed by atoms with Crippen molar-refractivity contribution in [2.24, 2.45) is 11.7 Å². The van der Waals surface area contributed by atoms with Crippen LogP contribution in [0.15, 0.2) is 18.2 Å². The molecule has 3 nitrogen and oxygen atoms in total. The van der Waals surface area contributed by atoms with Crippen molar-refractivity contribution < 1.29 is 13.6 Å². The van der Waals surface area contributed by atoms with Crippen LogP contribution in [-0.4, -0.2) is 12.5 Å². The Morgan fingerprint density at radius 3 is 2.53 bits per heavy atom. The topological polar surface area (TPSA) is 55.1 Å². The molecule has 1 aromatic rings. The number of halogens is 2. The fraction of sp³-hybridized carbons (Fsp3) is 0.417. The molecule has 1 amide bonds. The fourth-order valence-corrected chi connectivity index (χ4v) is 1.59. The number of amides is 1. The third-order valence-corrected chi connectivity index (χ3v) is 2.47. The van der Waals surface area contributed by atoms with Crippen LogP contribution in [0.4, 0.5) is 8.78 Å². The molecule has 0 fully saturated rings. The minimum Gasteiger partial charge on any atom is -0.348 e. The maximum absolute atomic E-state index is 13.6. The Morgan fingerprint density at radius 2 is 2.06 bits per heavy atom. The Morgan fingerprint density at radius 1 is 1.41 bits per heavy atom. The second-order valence-corrected chi connectivity index (χ2v) is 4.16. The van der Waals surface area contributed by atoms with E-state index in [1.54, 1.807) is 0 Å². The average molecular weight is 242 g/mol. The lowest BCUT2D eigenvalue weighted by Gasteiger charge is -2.23. The van der Waals surface area contributed by atoms with E-state index in [0.717, 1.165) is 6.07 Å². The van der Waals surface area contributed by atoms with Gasteiger partial charge in [0.25, 0.3) is 0 Å². The van der Waals surface area contributed by atoms with Crippen LogP contribution in [0.1, 0.15) is 25.5 Å². The highest BCUT2D eigenvalue weighted by molar-refractivity contribution is 5.78. The number of rotatable bonds is 4. The molecule has 0 heterocycles. The maximum atomic E-state index is 13.6. The first-order chi connectivity index (χ1) is 7.95. The highest BCUT2D eigenvalue weighted by Gasteiger charge is 2.21. The van der Waals surface area contributed by atoms with Crippen LogP contribution >= 0.6 is 0 Å². The predicted octanol–water partition coefficient (Wildman–Crippen LogP) is 1.74. The van der Waals surface area contributed by atoms with E-state index >= 15 is 0 Å². The lowest BCUT2D eigenvalue weighted by Crippen LogP contribution is -2.36. The van der Waals surface area contributed by atoms with Crippen LogP contribution in [0.25, 0.3) is 0 Å². The molecule has 3 N–H and O–H groups in total. The number of nitrogens with two attached hydrogens (primary N) is 1. The van der Waals surface area contributed by atoms with Crippen LogP contribution < -0.4 is 11.1 Å². The molecular formula is C12H16F2N2O. The maximum Gasteiger partial charge on any atom is 0.234 e. The van der Waals surface area contributed by atoms with Gasteiger partial charge in [-0.1, -0.05) is 19.9 Å². The quantitative estimate of drug-likeness (QED) is 0.845. The molecule has 94 valence electrons. The summed E-state index contributed by atoms with van der Waals surface area (Å²) in [5.74, 6) is -1.70. The number of benzene rings is 1. The predicted molar refractivity (Wildman–Crippen MR) is 61.1 cm³/mol. The minimum atomic E-state index is -0.666. The average Bonchev–Trinajstić information content (AvgIpc) is 2.26. The monoisotopic (exact) mass is 242 g/mol. The largest absolute Gasteiger partial charge is 0.348 e. The summed E-state index contributed by atoms with van der Waals surface area (Å²) in [7, 11) is 0. The van der Waals surface area contributed by atoms with Crippen LogP contribution in [0, 0.1) is 17.6 Å². The molecule has 1 atom stereocenters. The van der Waals surface area contributed by atoms with Gasteiger partial charge in [0, 0.05) is 11.6 Å². The van der Waals surface area contributed by atoms with Gasteiger partial charge in [0.2, 0.25) is 5.91 Å². The first-order valence-corrected chi connectivity index (χ1v) is 5.40. The molecule has 0 aliphatic heterocycles. The molecule has 0 aromatic heterocycles. The zero-order valence-electron chi connectivity index (χ0n) is 9.84. The Balaban J connectivity index is 3.01. The van der Waals surface area contributed by atoms with E-state index in [0.29, 0.717) is 0 Å². The molecule has 0 aliphatic carbocycles. The summed E-state index contributed by atoms with van der Waals surface area (Å²) in [6.07, 6.45) is 0. The SMILES string of the molecule is CC(C)C(NC(=O)CN)c1ccc(F)cc1F. The molecular weight excluding hydrogens is 226 g/mol. The van der Waals surface area contributed by atoms with Crippen molar-refractivity contribution in [1.29, 1.82) is 0 Å². The number of hydrogen-bond donors (Lipinski definition) is 2. The molecule has 0 radical (unpaired) electrons. The van der Waals surface area contributed by atoms with Gasteiger partial charge in [0.05, 0.1) is 12.6 Å². The molecule has 0 spiro atoms. The molecule has 0 saturated heterocycles. The van der Waals surface area contributed by atoms with E-state index in [1.807, 2.05) is 13.8 Å². The summed E-state index contributed by atoms with van der Waals surface area (Å²) in [5.41, 5.74) is 5.46. The molecule has 0 aliphatic rings. The van der Waals surface area contributed by atoms with Crippen LogP contribution in [0.5, 0.6) is 0 Å². The molecule has 17 heavy (non-hydrogen) atoms. The van der Waals surface area contributed by atoms with Gasteiger partial charge in [0.1, 0.15) is 11.6 Å². The van der Waals surface area contributed by atoms with Crippen molar-refractivity contribution in [2.45, 2.75) is 19.9 Å². The Kier molecular flexibility index (Phi) is 4.57. The van der Waals surface area contributed by atoms with Crippen LogP contribution in [0.2, 0.25) is 0 Å². The number of carbonyl (C=O) groups excluding carboxylic acids is 1. The van der Waals surface area contributed by atoms with Crippen molar-refractivity contribution in [3.63, 3.8) is 0 Å². The van der Waals surface area contributed by atoms with Gasteiger partial charge in [0.15, 0.2) is 0 Å². The number of carbonyl (C=O) groups is 1. The second kappa shape index (κ2) is 5.72. The summed E-state index contributed by atoms with van der Waals surface area (Å²) in [5, 5.41) is 2.62. The van der Waals surface area contributed by atoms with Crippen LogP contribution in [-0.2, 0) is 4.79 Å². The zero-order chi connectivity index (χ0) is 13.0. The normalized spacial score (nSPS) is 12.6.